The van der Waals surface area contributed by atoms with Crippen LogP contribution in [0.3, 0.4) is 0 Å². The summed E-state index contributed by atoms with van der Waals surface area (Å²) in [7, 11) is 0. The maximum atomic E-state index is 13.5. The molecule has 0 bridgehead atoms. The zero-order valence-electron chi connectivity index (χ0n) is 30.2. The lowest BCUT2D eigenvalue weighted by atomic mass is 10.1. The number of amides is 3. The molecule has 0 atom stereocenters. The van der Waals surface area contributed by atoms with Gasteiger partial charge in [0.15, 0.2) is 5.82 Å². The SMILES string of the molecule is CCCn1nc(C)cc1-c1ncc2c3cc(C(N)=O)ccc3n(C/C=C/Cn3c(NC(=O)c4cc(C)nn4CC)nc4cc(C(N)=O)cc(C)c43)c2n1. The second kappa shape index (κ2) is 13.8. The van der Waals surface area contributed by atoms with Gasteiger partial charge in [-0.1, -0.05) is 19.1 Å². The number of primary amides is 2. The third-order valence-electron chi connectivity index (χ3n) is 9.17. The fourth-order valence-electron chi connectivity index (χ4n) is 6.83. The number of hydrogen-bond acceptors (Lipinski definition) is 8. The Bertz CT molecular complexity index is 2620. The number of anilines is 1. The van der Waals surface area contributed by atoms with Gasteiger partial charge in [0, 0.05) is 54.3 Å². The van der Waals surface area contributed by atoms with Crippen molar-refractivity contribution in [3.8, 4) is 11.5 Å². The quantitative estimate of drug-likeness (QED) is 0.146. The standard InChI is InChI=1S/C38H40N12O3/c1-6-12-50-30(16-22(4)46-50)35-41-20-27-26-18-24(33(39)51)10-11-29(26)47(36(27)43-35)13-8-9-14-48-32-21(3)15-25(34(40)52)19-28(32)42-38(48)44-37(53)31-17-23(5)45-49(31)7-2/h8-11,15-20H,6-7,12-14H2,1-5H3,(H2,39,51)(H2,40,52)(H,42,44,53)/b9-8+. The molecule has 0 spiro atoms. The number of fused-ring (bicyclic) bond motifs is 4. The van der Waals surface area contributed by atoms with Gasteiger partial charge >= 0.3 is 0 Å². The van der Waals surface area contributed by atoms with Crippen molar-refractivity contribution in [1.29, 1.82) is 0 Å². The zero-order chi connectivity index (χ0) is 37.6. The average Bonchev–Trinajstić information content (AvgIpc) is 3.88. The first-order chi connectivity index (χ1) is 25.5. The molecule has 0 saturated carbocycles. The van der Waals surface area contributed by atoms with E-state index in [-0.39, 0.29) is 5.91 Å². The molecule has 53 heavy (non-hydrogen) atoms. The van der Waals surface area contributed by atoms with Crippen LogP contribution < -0.4 is 16.8 Å². The Balaban J connectivity index is 1.28. The Kier molecular flexibility index (Phi) is 9.07. The van der Waals surface area contributed by atoms with Gasteiger partial charge in [0.05, 0.1) is 27.9 Å². The van der Waals surface area contributed by atoms with Crippen molar-refractivity contribution in [2.45, 2.75) is 67.2 Å². The van der Waals surface area contributed by atoms with Crippen LogP contribution in [0.15, 0.2) is 60.8 Å². The number of aryl methyl sites for hydroxylation is 5. The van der Waals surface area contributed by atoms with Gasteiger partial charge in [-0.05, 0) is 82.1 Å². The minimum atomic E-state index is -0.566. The number of nitrogens with one attached hydrogen (secondary N) is 1. The van der Waals surface area contributed by atoms with Gasteiger partial charge in [-0.2, -0.15) is 10.2 Å². The number of aromatic nitrogens is 9. The van der Waals surface area contributed by atoms with E-state index in [1.807, 2.05) is 61.2 Å². The van der Waals surface area contributed by atoms with Crippen molar-refractivity contribution < 1.29 is 14.4 Å². The molecule has 5 aromatic heterocycles. The molecule has 0 aliphatic carbocycles. The Hall–Kier alpha value is -6.64. The van der Waals surface area contributed by atoms with E-state index in [1.165, 1.54) is 0 Å². The largest absolute Gasteiger partial charge is 0.366 e. The van der Waals surface area contributed by atoms with Gasteiger partial charge in [0.2, 0.25) is 17.8 Å². The summed E-state index contributed by atoms with van der Waals surface area (Å²) in [6, 6.07) is 12.4. The number of nitrogens with two attached hydrogens (primary N) is 2. The van der Waals surface area contributed by atoms with Crippen molar-refractivity contribution in [1.82, 2.24) is 43.6 Å². The Morgan fingerprint density at radius 2 is 1.53 bits per heavy atom. The van der Waals surface area contributed by atoms with Crippen LogP contribution in [0, 0.1) is 20.8 Å². The normalized spacial score (nSPS) is 11.8. The fraction of sp³-hybridized carbons (Fsp3) is 0.263. The lowest BCUT2D eigenvalue weighted by molar-refractivity contribution is 0.0992. The fourth-order valence-corrected chi connectivity index (χ4v) is 6.83. The van der Waals surface area contributed by atoms with Crippen molar-refractivity contribution >= 4 is 56.6 Å². The summed E-state index contributed by atoms with van der Waals surface area (Å²) in [5, 5.41) is 13.6. The molecule has 270 valence electrons. The summed E-state index contributed by atoms with van der Waals surface area (Å²) < 4.78 is 7.52. The summed E-state index contributed by atoms with van der Waals surface area (Å²) in [4.78, 5) is 52.2. The molecule has 15 heteroatoms. The Labute approximate surface area is 304 Å². The highest BCUT2D eigenvalue weighted by Gasteiger charge is 2.21. The highest BCUT2D eigenvalue weighted by atomic mass is 16.2. The highest BCUT2D eigenvalue weighted by Crippen LogP contribution is 2.31. The predicted octanol–water partition coefficient (Wildman–Crippen LogP) is 5.06. The average molecular weight is 713 g/mol. The summed E-state index contributed by atoms with van der Waals surface area (Å²) in [5.41, 5.74) is 18.4. The van der Waals surface area contributed by atoms with E-state index in [4.69, 9.17) is 26.4 Å². The maximum Gasteiger partial charge on any atom is 0.276 e. The molecular formula is C38H40N12O3. The third kappa shape index (κ3) is 6.41. The van der Waals surface area contributed by atoms with E-state index in [0.717, 1.165) is 57.4 Å². The van der Waals surface area contributed by atoms with Crippen molar-refractivity contribution in [3.63, 3.8) is 0 Å². The van der Waals surface area contributed by atoms with E-state index in [9.17, 15) is 14.4 Å². The van der Waals surface area contributed by atoms with E-state index < -0.39 is 11.8 Å². The molecule has 0 fully saturated rings. The first-order valence-corrected chi connectivity index (χ1v) is 17.4. The minimum Gasteiger partial charge on any atom is -0.366 e. The van der Waals surface area contributed by atoms with Crippen LogP contribution in [0.1, 0.15) is 68.4 Å². The first-order valence-electron chi connectivity index (χ1n) is 17.4. The van der Waals surface area contributed by atoms with Gasteiger partial charge in [-0.3, -0.25) is 29.1 Å². The molecule has 0 aliphatic rings. The van der Waals surface area contributed by atoms with Crippen LogP contribution >= 0.6 is 0 Å². The lowest BCUT2D eigenvalue weighted by Crippen LogP contribution is -2.20. The Morgan fingerprint density at radius 3 is 2.25 bits per heavy atom. The van der Waals surface area contributed by atoms with Crippen LogP contribution in [0.5, 0.6) is 0 Å². The molecule has 7 aromatic rings. The smallest absolute Gasteiger partial charge is 0.276 e. The van der Waals surface area contributed by atoms with Gasteiger partial charge < -0.3 is 20.6 Å². The van der Waals surface area contributed by atoms with Gasteiger partial charge in [0.25, 0.3) is 5.91 Å². The minimum absolute atomic E-state index is 0.313. The number of carbonyl (C=O) groups excluding carboxylic acids is 3. The third-order valence-corrected chi connectivity index (χ3v) is 9.17. The summed E-state index contributed by atoms with van der Waals surface area (Å²) in [6.45, 7) is 11.7. The summed E-state index contributed by atoms with van der Waals surface area (Å²) in [5.74, 6) is -0.582. The molecule has 0 unspecified atom stereocenters. The number of benzene rings is 2. The molecule has 0 radical (unpaired) electrons. The summed E-state index contributed by atoms with van der Waals surface area (Å²) >= 11 is 0. The number of rotatable bonds is 12. The number of allylic oxidation sites excluding steroid dienone is 2. The Morgan fingerprint density at radius 1 is 0.811 bits per heavy atom. The van der Waals surface area contributed by atoms with E-state index in [1.54, 1.807) is 41.2 Å². The molecule has 5 heterocycles. The molecule has 0 aliphatic heterocycles. The van der Waals surface area contributed by atoms with E-state index in [2.05, 4.69) is 27.0 Å². The molecule has 5 N–H and O–H groups in total. The zero-order valence-corrected chi connectivity index (χ0v) is 30.2. The van der Waals surface area contributed by atoms with Gasteiger partial charge in [0.1, 0.15) is 17.0 Å². The summed E-state index contributed by atoms with van der Waals surface area (Å²) in [6.07, 6.45) is 6.68. The van der Waals surface area contributed by atoms with E-state index >= 15 is 0 Å². The van der Waals surface area contributed by atoms with E-state index in [0.29, 0.717) is 59.4 Å². The van der Waals surface area contributed by atoms with Crippen molar-refractivity contribution in [2.75, 3.05) is 5.32 Å². The number of imidazole rings is 1. The van der Waals surface area contributed by atoms with Gasteiger partial charge in [-0.15, -0.1) is 0 Å². The molecule has 15 nitrogen and oxygen atoms in total. The maximum absolute atomic E-state index is 13.5. The second-order valence-electron chi connectivity index (χ2n) is 13.0. The van der Waals surface area contributed by atoms with Crippen LogP contribution in [0.4, 0.5) is 5.95 Å². The lowest BCUT2D eigenvalue weighted by Gasteiger charge is -2.10. The topological polar surface area (TPSA) is 199 Å². The van der Waals surface area contributed by atoms with Crippen molar-refractivity contribution in [2.24, 2.45) is 11.5 Å². The van der Waals surface area contributed by atoms with Gasteiger partial charge in [-0.25, -0.2) is 15.0 Å². The van der Waals surface area contributed by atoms with Crippen LogP contribution in [0.25, 0.3) is 44.5 Å². The number of nitrogens with zero attached hydrogens (tertiary/aromatic N) is 9. The first kappa shape index (κ1) is 34.8. The van der Waals surface area contributed by atoms with Crippen molar-refractivity contribution in [3.05, 3.63) is 94.6 Å². The van der Waals surface area contributed by atoms with Crippen LogP contribution in [0.2, 0.25) is 0 Å². The molecule has 0 saturated heterocycles. The van der Waals surface area contributed by atoms with Crippen LogP contribution in [-0.4, -0.2) is 61.4 Å². The molecule has 7 rings (SSSR count). The van der Waals surface area contributed by atoms with Crippen LogP contribution in [-0.2, 0) is 26.2 Å². The second-order valence-corrected chi connectivity index (χ2v) is 13.0. The monoisotopic (exact) mass is 712 g/mol. The molecular weight excluding hydrogens is 672 g/mol. The molecule has 3 amide bonds. The number of hydrogen-bond donors (Lipinski definition) is 3. The molecule has 2 aromatic carbocycles. The number of carbonyl (C=O) groups is 3. The highest BCUT2D eigenvalue weighted by molar-refractivity contribution is 6.09. The predicted molar refractivity (Wildman–Crippen MR) is 203 cm³/mol.